The third-order valence-corrected chi connectivity index (χ3v) is 5.02. The van der Waals surface area contributed by atoms with E-state index in [2.05, 4.69) is 72.0 Å². The van der Waals surface area contributed by atoms with Gasteiger partial charge in [-0.3, -0.25) is 0 Å². The van der Waals surface area contributed by atoms with Crippen molar-refractivity contribution in [3.63, 3.8) is 0 Å². The Morgan fingerprint density at radius 3 is 2.81 bits per heavy atom. The van der Waals surface area contributed by atoms with Gasteiger partial charge in [-0.15, -0.1) is 11.3 Å². The predicted molar refractivity (Wildman–Crippen MR) is 93.5 cm³/mol. The van der Waals surface area contributed by atoms with Crippen LogP contribution in [0.4, 0.5) is 0 Å². The zero-order valence-corrected chi connectivity index (χ0v) is 12.7. The van der Waals surface area contributed by atoms with Crippen LogP contribution in [0.15, 0.2) is 60.5 Å². The summed E-state index contributed by atoms with van der Waals surface area (Å²) in [5.74, 6) is 0. The van der Waals surface area contributed by atoms with Crippen molar-refractivity contribution < 1.29 is 0 Å². The molecular formula is C19H15NS. The summed E-state index contributed by atoms with van der Waals surface area (Å²) >= 11 is 1.81. The minimum absolute atomic E-state index is 1.13. The van der Waals surface area contributed by atoms with Crippen LogP contribution in [0.5, 0.6) is 0 Å². The zero-order valence-electron chi connectivity index (χ0n) is 11.8. The van der Waals surface area contributed by atoms with E-state index in [1.165, 1.54) is 32.2 Å². The Balaban J connectivity index is 2.05. The lowest BCUT2D eigenvalue weighted by molar-refractivity contribution is 1.11. The molecule has 0 N–H and O–H groups in total. The molecule has 2 aromatic heterocycles. The first-order valence-corrected chi connectivity index (χ1v) is 7.87. The normalized spacial score (nSPS) is 11.3. The monoisotopic (exact) mass is 289 g/mol. The number of para-hydroxylation sites is 1. The lowest BCUT2D eigenvalue weighted by atomic mass is 10.2. The van der Waals surface area contributed by atoms with E-state index in [4.69, 9.17) is 0 Å². The van der Waals surface area contributed by atoms with Gasteiger partial charge in [-0.25, -0.2) is 0 Å². The molecule has 4 rings (SSSR count). The van der Waals surface area contributed by atoms with Crippen LogP contribution in [0.2, 0.25) is 0 Å². The van der Waals surface area contributed by atoms with Gasteiger partial charge >= 0.3 is 0 Å². The molecule has 21 heavy (non-hydrogen) atoms. The van der Waals surface area contributed by atoms with Crippen molar-refractivity contribution in [2.24, 2.45) is 0 Å². The number of rotatable bonds is 2. The van der Waals surface area contributed by atoms with Crippen molar-refractivity contribution in [2.75, 3.05) is 0 Å². The Bertz CT molecular complexity index is 972. The zero-order chi connectivity index (χ0) is 14.4. The topological polar surface area (TPSA) is 4.93 Å². The van der Waals surface area contributed by atoms with Crippen LogP contribution in [0.3, 0.4) is 0 Å². The average Bonchev–Trinajstić information content (AvgIpc) is 3.07. The van der Waals surface area contributed by atoms with Crippen LogP contribution in [-0.4, -0.2) is 4.57 Å². The smallest absolute Gasteiger partial charge is 0.0534 e. The molecule has 0 spiro atoms. The van der Waals surface area contributed by atoms with Gasteiger partial charge in [-0.05, 0) is 53.6 Å². The van der Waals surface area contributed by atoms with Gasteiger partial charge < -0.3 is 4.57 Å². The second kappa shape index (κ2) is 4.61. The van der Waals surface area contributed by atoms with Crippen LogP contribution in [0.1, 0.15) is 11.3 Å². The highest BCUT2D eigenvalue weighted by molar-refractivity contribution is 7.17. The van der Waals surface area contributed by atoms with Crippen LogP contribution in [-0.2, 0) is 0 Å². The van der Waals surface area contributed by atoms with Gasteiger partial charge in [0.25, 0.3) is 0 Å². The molecule has 0 bridgehead atoms. The highest BCUT2D eigenvalue weighted by Gasteiger charge is 2.09. The molecule has 2 heteroatoms. The molecule has 2 heterocycles. The Morgan fingerprint density at radius 1 is 1.10 bits per heavy atom. The lowest BCUT2D eigenvalue weighted by Crippen LogP contribution is -1.95. The number of hydrogen-bond donors (Lipinski definition) is 0. The third kappa shape index (κ3) is 1.83. The van der Waals surface area contributed by atoms with Gasteiger partial charge in [0, 0.05) is 21.5 Å². The largest absolute Gasteiger partial charge is 0.310 e. The summed E-state index contributed by atoms with van der Waals surface area (Å²) < 4.78 is 3.61. The third-order valence-electron chi connectivity index (χ3n) is 3.96. The Morgan fingerprint density at radius 2 is 1.95 bits per heavy atom. The van der Waals surface area contributed by atoms with E-state index in [0.717, 1.165) is 5.69 Å². The van der Waals surface area contributed by atoms with Crippen molar-refractivity contribution in [1.82, 2.24) is 4.57 Å². The maximum absolute atomic E-state index is 3.96. The molecule has 0 aliphatic heterocycles. The second-order valence-corrected chi connectivity index (χ2v) is 6.18. The molecule has 0 amide bonds. The van der Waals surface area contributed by atoms with Gasteiger partial charge in [-0.1, -0.05) is 30.8 Å². The van der Waals surface area contributed by atoms with E-state index in [9.17, 15) is 0 Å². The molecule has 0 aliphatic rings. The van der Waals surface area contributed by atoms with Crippen molar-refractivity contribution in [3.8, 4) is 5.69 Å². The summed E-state index contributed by atoms with van der Waals surface area (Å²) in [5, 5.41) is 4.81. The van der Waals surface area contributed by atoms with E-state index < -0.39 is 0 Å². The number of fused-ring (bicyclic) bond motifs is 2. The fourth-order valence-electron chi connectivity index (χ4n) is 2.90. The Kier molecular flexibility index (Phi) is 2.72. The molecule has 102 valence electrons. The number of benzene rings is 2. The summed E-state index contributed by atoms with van der Waals surface area (Å²) in [5.41, 5.74) is 4.90. The number of thiophene rings is 1. The van der Waals surface area contributed by atoms with Crippen molar-refractivity contribution >= 4 is 38.4 Å². The van der Waals surface area contributed by atoms with E-state index in [-0.39, 0.29) is 0 Å². The summed E-state index contributed by atoms with van der Waals surface area (Å²) in [4.78, 5) is 0. The SMILES string of the molecule is C=Cc1cc2ccccc2n1-c1ccc2c(C)csc2c1. The van der Waals surface area contributed by atoms with Crippen molar-refractivity contribution in [2.45, 2.75) is 6.92 Å². The first kappa shape index (κ1) is 12.4. The fraction of sp³-hybridized carbons (Fsp3) is 0.0526. The molecule has 0 atom stereocenters. The average molecular weight is 289 g/mol. The molecule has 4 aromatic rings. The number of nitrogens with zero attached hydrogens (tertiary/aromatic N) is 1. The van der Waals surface area contributed by atoms with Gasteiger partial charge in [-0.2, -0.15) is 0 Å². The molecule has 0 saturated heterocycles. The Labute approximate surface area is 127 Å². The molecule has 0 fully saturated rings. The van der Waals surface area contributed by atoms with Crippen LogP contribution in [0, 0.1) is 6.92 Å². The predicted octanol–water partition coefficient (Wildman–Crippen LogP) is 5.80. The molecule has 0 radical (unpaired) electrons. The van der Waals surface area contributed by atoms with Crippen LogP contribution < -0.4 is 0 Å². The van der Waals surface area contributed by atoms with E-state index in [1.807, 2.05) is 6.08 Å². The number of aryl methyl sites for hydroxylation is 1. The standard InChI is InChI=1S/C19H15NS/c1-3-15-10-14-6-4-5-7-18(14)20(15)16-8-9-17-13(2)12-21-19(17)11-16/h3-12H,1H2,2H3. The fourth-order valence-corrected chi connectivity index (χ4v) is 3.88. The summed E-state index contributed by atoms with van der Waals surface area (Å²) in [7, 11) is 0. The molecule has 1 nitrogen and oxygen atoms in total. The highest BCUT2D eigenvalue weighted by atomic mass is 32.1. The minimum atomic E-state index is 1.13. The molecule has 0 unspecified atom stereocenters. The lowest BCUT2D eigenvalue weighted by Gasteiger charge is -2.09. The van der Waals surface area contributed by atoms with Gasteiger partial charge in [0.1, 0.15) is 0 Å². The molecule has 0 aliphatic carbocycles. The van der Waals surface area contributed by atoms with Gasteiger partial charge in [0.15, 0.2) is 0 Å². The first-order chi connectivity index (χ1) is 10.3. The van der Waals surface area contributed by atoms with Crippen molar-refractivity contribution in [1.29, 1.82) is 0 Å². The summed E-state index contributed by atoms with van der Waals surface area (Å²) in [6.07, 6.45) is 1.92. The maximum Gasteiger partial charge on any atom is 0.0534 e. The summed E-state index contributed by atoms with van der Waals surface area (Å²) in [6, 6.07) is 17.3. The Hall–Kier alpha value is -2.32. The number of aromatic nitrogens is 1. The maximum atomic E-state index is 3.96. The van der Waals surface area contributed by atoms with Gasteiger partial charge in [0.2, 0.25) is 0 Å². The molecule has 0 saturated carbocycles. The van der Waals surface area contributed by atoms with E-state index in [0.29, 0.717) is 0 Å². The van der Waals surface area contributed by atoms with Crippen molar-refractivity contribution in [3.05, 3.63) is 71.7 Å². The van der Waals surface area contributed by atoms with Gasteiger partial charge in [0.05, 0.1) is 5.52 Å². The first-order valence-electron chi connectivity index (χ1n) is 6.99. The van der Waals surface area contributed by atoms with E-state index in [1.54, 1.807) is 11.3 Å². The summed E-state index contributed by atoms with van der Waals surface area (Å²) in [6.45, 7) is 6.13. The second-order valence-electron chi connectivity index (χ2n) is 5.27. The van der Waals surface area contributed by atoms with E-state index >= 15 is 0 Å². The van der Waals surface area contributed by atoms with Crippen LogP contribution >= 0.6 is 11.3 Å². The molecular weight excluding hydrogens is 274 g/mol. The minimum Gasteiger partial charge on any atom is -0.310 e. The number of hydrogen-bond acceptors (Lipinski definition) is 1. The van der Waals surface area contributed by atoms with Crippen LogP contribution in [0.25, 0.3) is 32.8 Å². The quantitative estimate of drug-likeness (QED) is 0.439. The highest BCUT2D eigenvalue weighted by Crippen LogP contribution is 2.30. The molecule has 2 aromatic carbocycles.